The Hall–Kier alpha value is -2.00. The van der Waals surface area contributed by atoms with E-state index < -0.39 is 0 Å². The van der Waals surface area contributed by atoms with E-state index in [1.165, 1.54) is 141 Å². The van der Waals surface area contributed by atoms with Crippen molar-refractivity contribution in [3.05, 3.63) is 60.2 Å². The van der Waals surface area contributed by atoms with Gasteiger partial charge in [0.1, 0.15) is 0 Å². The van der Waals surface area contributed by atoms with Gasteiger partial charge in [0.15, 0.2) is 0 Å². The van der Waals surface area contributed by atoms with Crippen LogP contribution in [0.25, 0.3) is 0 Å². The maximum absolute atomic E-state index is 4.63. The topological polar surface area (TPSA) is 24.7 Å². The number of nitrogens with zero attached hydrogens (tertiary/aromatic N) is 2. The summed E-state index contributed by atoms with van der Waals surface area (Å²) in [6, 6.07) is 18.1. The third kappa shape index (κ3) is 23.4. The van der Waals surface area contributed by atoms with Crippen molar-refractivity contribution in [2.45, 2.75) is 162 Å². The van der Waals surface area contributed by atoms with Gasteiger partial charge in [0.25, 0.3) is 0 Å². The van der Waals surface area contributed by atoms with Crippen LogP contribution in [-0.2, 0) is 20.4 Å². The molecule has 0 unspecified atom stereocenters. The summed E-state index contributed by atoms with van der Waals surface area (Å²) in [4.78, 5) is 9.09. The zero-order chi connectivity index (χ0) is 30.5. The van der Waals surface area contributed by atoms with Gasteiger partial charge in [-0.1, -0.05) is 172 Å². The van der Waals surface area contributed by atoms with E-state index in [4.69, 9.17) is 0 Å². The van der Waals surface area contributed by atoms with Crippen LogP contribution >= 0.6 is 0 Å². The molecule has 2 aromatic rings. The van der Waals surface area contributed by atoms with Gasteiger partial charge in [-0.2, -0.15) is 0 Å². The van der Waals surface area contributed by atoms with E-state index in [9.17, 15) is 0 Å². The van der Waals surface area contributed by atoms with Crippen molar-refractivity contribution >= 4 is 23.3 Å². The summed E-state index contributed by atoms with van der Waals surface area (Å²) in [5, 5.41) is 0. The van der Waals surface area contributed by atoms with Crippen LogP contribution < -0.4 is 0 Å². The monoisotopic (exact) mass is 688 g/mol. The minimum Gasteiger partial charge on any atom is -0.255 e. The third-order valence-corrected chi connectivity index (χ3v) is 8.22. The molecule has 2 nitrogen and oxygen atoms in total. The first kappa shape index (κ1) is 40.0. The predicted molar refractivity (Wildman–Crippen MR) is 193 cm³/mol. The average molecular weight is 689 g/mol. The number of hydrogen-bond acceptors (Lipinski definition) is 2. The van der Waals surface area contributed by atoms with E-state index in [0.29, 0.717) is 0 Å². The molecule has 0 radical (unpaired) electrons. The van der Waals surface area contributed by atoms with E-state index in [0.717, 1.165) is 29.1 Å². The molecule has 0 aliphatic rings. The Morgan fingerprint density at radius 2 is 0.977 bits per heavy atom. The van der Waals surface area contributed by atoms with Gasteiger partial charge in [0.2, 0.25) is 0 Å². The van der Waals surface area contributed by atoms with Crippen LogP contribution in [0.3, 0.4) is 0 Å². The van der Waals surface area contributed by atoms with Gasteiger partial charge in [-0.05, 0) is 49.7 Å². The third-order valence-electron chi connectivity index (χ3n) is 8.22. The molecule has 2 aromatic carbocycles. The quantitative estimate of drug-likeness (QED) is 0.0429. The summed E-state index contributed by atoms with van der Waals surface area (Å²) >= 11 is 0. The molecule has 0 fully saturated rings. The molecule has 2 rings (SSSR count). The van der Waals surface area contributed by atoms with Crippen LogP contribution in [0.15, 0.2) is 64.6 Å². The zero-order valence-electron chi connectivity index (χ0n) is 28.2. The van der Waals surface area contributed by atoms with Gasteiger partial charge < -0.3 is 0 Å². The summed E-state index contributed by atoms with van der Waals surface area (Å²) < 4.78 is 0. The van der Waals surface area contributed by atoms with E-state index in [-0.39, 0.29) is 20.4 Å². The van der Waals surface area contributed by atoms with Crippen molar-refractivity contribution < 1.29 is 20.4 Å². The first-order chi connectivity index (χ1) is 21.3. The SMILES string of the molecule is CCCCCCCCCCCCCCCCCCCCCCCCC#Cc1ccc(/N=C(C)/C=N/c2ccccc2)cc1.[Pd]. The van der Waals surface area contributed by atoms with Crippen LogP contribution in [-0.4, -0.2) is 11.9 Å². The molecule has 44 heavy (non-hydrogen) atoms. The number of unbranched alkanes of at least 4 members (excludes halogenated alkanes) is 22. The molecule has 0 aliphatic carbocycles. The van der Waals surface area contributed by atoms with E-state index in [1.54, 1.807) is 0 Å². The zero-order valence-corrected chi connectivity index (χ0v) is 29.8. The molecular formula is C41H62N2Pd. The van der Waals surface area contributed by atoms with Gasteiger partial charge in [-0.3, -0.25) is 9.98 Å². The molecule has 246 valence electrons. The summed E-state index contributed by atoms with van der Waals surface area (Å²) in [6.07, 6.45) is 34.2. The molecule has 0 saturated carbocycles. The van der Waals surface area contributed by atoms with Crippen molar-refractivity contribution in [2.75, 3.05) is 0 Å². The van der Waals surface area contributed by atoms with Crippen molar-refractivity contribution in [3.8, 4) is 11.8 Å². The van der Waals surface area contributed by atoms with E-state index in [1.807, 2.05) is 55.6 Å². The Morgan fingerprint density at radius 1 is 0.545 bits per heavy atom. The number of rotatable bonds is 25. The molecule has 0 spiro atoms. The second kappa shape index (κ2) is 29.7. The Bertz CT molecular complexity index is 1030. The van der Waals surface area contributed by atoms with Gasteiger partial charge in [-0.25, -0.2) is 0 Å². The molecule has 0 saturated heterocycles. The second-order valence-electron chi connectivity index (χ2n) is 12.4. The Balaban J connectivity index is 0.00000968. The van der Waals surface area contributed by atoms with E-state index >= 15 is 0 Å². The summed E-state index contributed by atoms with van der Waals surface area (Å²) in [5.74, 6) is 6.67. The smallest absolute Gasteiger partial charge is 0.0634 e. The summed E-state index contributed by atoms with van der Waals surface area (Å²) in [5.41, 5.74) is 3.82. The maximum atomic E-state index is 4.63. The van der Waals surface area contributed by atoms with Gasteiger partial charge in [0, 0.05) is 38.6 Å². The standard InChI is InChI=1S/C41H62N2.Pd/c1-3-4-5-6-7-8-9-10-11-12-13-14-15-16-17-18-19-20-21-22-23-24-25-27-30-39-33-35-41(36-34-39)43-38(2)37-42-40-31-28-26-29-32-40;/h26,28-29,31-37H,3-25H2,1-2H3;/b42-37+,43-38+;. The Kier molecular flexibility index (Phi) is 27.0. The minimum atomic E-state index is 0. The number of hydrogen-bond donors (Lipinski definition) is 0. The molecule has 3 heteroatoms. The van der Waals surface area contributed by atoms with Crippen molar-refractivity contribution in [1.29, 1.82) is 0 Å². The fourth-order valence-corrected chi connectivity index (χ4v) is 5.52. The number of para-hydroxylation sites is 1. The van der Waals surface area contributed by atoms with Crippen molar-refractivity contribution in [1.82, 2.24) is 0 Å². The molecule has 0 amide bonds. The molecule has 0 heterocycles. The van der Waals surface area contributed by atoms with Crippen molar-refractivity contribution in [3.63, 3.8) is 0 Å². The summed E-state index contributed by atoms with van der Waals surface area (Å²) in [7, 11) is 0. The summed E-state index contributed by atoms with van der Waals surface area (Å²) in [6.45, 7) is 4.27. The molecular weight excluding hydrogens is 627 g/mol. The Labute approximate surface area is 286 Å². The number of aliphatic imine (C=N–C) groups is 2. The fourth-order valence-electron chi connectivity index (χ4n) is 5.52. The van der Waals surface area contributed by atoms with Crippen LogP contribution in [0.5, 0.6) is 0 Å². The molecule has 0 aliphatic heterocycles. The van der Waals surface area contributed by atoms with Gasteiger partial charge in [-0.15, -0.1) is 0 Å². The molecule has 0 N–H and O–H groups in total. The minimum absolute atomic E-state index is 0. The number of benzene rings is 2. The average Bonchev–Trinajstić information content (AvgIpc) is 3.03. The van der Waals surface area contributed by atoms with Gasteiger partial charge >= 0.3 is 0 Å². The predicted octanol–water partition coefficient (Wildman–Crippen LogP) is 13.5. The molecule has 0 atom stereocenters. The van der Waals surface area contributed by atoms with Crippen LogP contribution in [0.1, 0.15) is 167 Å². The first-order valence-corrected chi connectivity index (χ1v) is 18.0. The van der Waals surface area contributed by atoms with E-state index in [2.05, 4.69) is 40.9 Å². The van der Waals surface area contributed by atoms with Crippen molar-refractivity contribution in [2.24, 2.45) is 9.98 Å². The first-order valence-electron chi connectivity index (χ1n) is 18.0. The van der Waals surface area contributed by atoms with Crippen LogP contribution in [0.2, 0.25) is 0 Å². The fraction of sp³-hybridized carbons (Fsp3) is 0.610. The largest absolute Gasteiger partial charge is 0.255 e. The Morgan fingerprint density at radius 3 is 1.43 bits per heavy atom. The molecule has 0 aromatic heterocycles. The second-order valence-corrected chi connectivity index (χ2v) is 12.4. The van der Waals surface area contributed by atoms with Crippen LogP contribution in [0, 0.1) is 11.8 Å². The normalized spacial score (nSPS) is 11.4. The van der Waals surface area contributed by atoms with Crippen LogP contribution in [0.4, 0.5) is 11.4 Å². The van der Waals surface area contributed by atoms with Gasteiger partial charge in [0.05, 0.1) is 17.1 Å². The molecule has 0 bridgehead atoms. The maximum Gasteiger partial charge on any atom is 0.0634 e.